The third-order valence-electron chi connectivity index (χ3n) is 12.8. The summed E-state index contributed by atoms with van der Waals surface area (Å²) in [5, 5.41) is 28.9. The molecule has 102 heavy (non-hydrogen) atoms. The van der Waals surface area contributed by atoms with Crippen molar-refractivity contribution in [3.05, 3.63) is 289 Å². The lowest BCUT2D eigenvalue weighted by Crippen LogP contribution is -2.14. The average molecular weight is 1370 g/mol. The number of nitrogens with one attached hydrogen (secondary N) is 4. The largest absolute Gasteiger partial charge is 0.494 e. The van der Waals surface area contributed by atoms with Gasteiger partial charge < -0.3 is 45.0 Å². The summed E-state index contributed by atoms with van der Waals surface area (Å²) in [6.07, 6.45) is 27.0. The number of nitrogens with zero attached hydrogens (tertiary/aromatic N) is 13. The molecule has 4 amide bonds. The molecule has 7 heterocycles. The first-order valence-electron chi connectivity index (χ1n) is 29.8. The number of hydrogen-bond donors (Lipinski definition) is 4. The summed E-state index contributed by atoms with van der Waals surface area (Å²) >= 11 is 0. The quantitative estimate of drug-likeness (QED) is 0.0580. The molecule has 26 nitrogen and oxygen atoms in total. The van der Waals surface area contributed by atoms with Gasteiger partial charge in [0.25, 0.3) is 23.6 Å². The van der Waals surface area contributed by atoms with E-state index in [0.29, 0.717) is 80.7 Å². The van der Waals surface area contributed by atoms with E-state index in [-0.39, 0.29) is 51.5 Å². The Morgan fingerprint density at radius 1 is 0.392 bits per heavy atom. The number of aromatic nitrogens is 11. The second-order valence-corrected chi connectivity index (χ2v) is 20.7. The van der Waals surface area contributed by atoms with Crippen LogP contribution in [0.2, 0.25) is 0 Å². The number of pyridine rings is 3. The number of anilines is 4. The number of hydrogen-bond acceptors (Lipinski definition) is 22. The first-order chi connectivity index (χ1) is 49.4. The maximum atomic E-state index is 13.8. The van der Waals surface area contributed by atoms with E-state index in [4.69, 9.17) is 30.1 Å². The summed E-state index contributed by atoms with van der Waals surface area (Å²) in [5.74, 6) is 1.71. The van der Waals surface area contributed by atoms with Crippen LogP contribution in [0.25, 0.3) is 0 Å². The number of halogens is 3. The molecule has 0 saturated carbocycles. The molecule has 0 unspecified atom stereocenters. The molecular formula is C73H52F3N17O9. The zero-order valence-electron chi connectivity index (χ0n) is 53.7. The van der Waals surface area contributed by atoms with Crippen LogP contribution >= 0.6 is 0 Å². The van der Waals surface area contributed by atoms with Crippen LogP contribution in [0.4, 0.5) is 35.9 Å². The number of nitriles is 2. The van der Waals surface area contributed by atoms with E-state index in [9.17, 15) is 42.9 Å². The molecule has 0 aliphatic heterocycles. The summed E-state index contributed by atoms with van der Waals surface area (Å²) < 4.78 is 68.7. The van der Waals surface area contributed by atoms with Gasteiger partial charge in [0.1, 0.15) is 88.6 Å². The summed E-state index contributed by atoms with van der Waals surface area (Å²) in [6, 6.07) is 34.7. The van der Waals surface area contributed by atoms with Gasteiger partial charge in [-0.05, 0) is 117 Å². The minimum Gasteiger partial charge on any atom is -0.494 e. The van der Waals surface area contributed by atoms with Crippen molar-refractivity contribution in [2.75, 3.05) is 27.9 Å². The Labute approximate surface area is 579 Å². The molecule has 5 aromatic carbocycles. The Kier molecular flexibility index (Phi) is 25.0. The molecule has 504 valence electrons. The van der Waals surface area contributed by atoms with Crippen molar-refractivity contribution < 1.29 is 56.0 Å². The predicted octanol–water partition coefficient (Wildman–Crippen LogP) is 13.4. The third kappa shape index (κ3) is 22.3. The van der Waals surface area contributed by atoms with Gasteiger partial charge in [0.05, 0.1) is 79.4 Å². The number of benzene rings is 5. The molecule has 7 aromatic heterocycles. The van der Waals surface area contributed by atoms with Crippen molar-refractivity contribution in [2.24, 2.45) is 0 Å². The second kappa shape index (κ2) is 35.7. The number of rotatable bonds is 18. The molecule has 12 aromatic rings. The molecule has 0 fully saturated rings. The number of amides is 4. The highest BCUT2D eigenvalue weighted by Gasteiger charge is 2.16. The van der Waals surface area contributed by atoms with E-state index in [0.717, 1.165) is 35.4 Å². The van der Waals surface area contributed by atoms with E-state index in [1.54, 1.807) is 79.1 Å². The Bertz CT molecular complexity index is 4920. The normalized spacial score (nSPS) is 10.0. The summed E-state index contributed by atoms with van der Waals surface area (Å²) in [5.41, 5.74) is 4.75. The Balaban J connectivity index is 0.000000158. The van der Waals surface area contributed by atoms with Gasteiger partial charge in [-0.3, -0.25) is 34.1 Å². The lowest BCUT2D eigenvalue weighted by atomic mass is 10.1. The van der Waals surface area contributed by atoms with Crippen LogP contribution in [-0.4, -0.2) is 85.1 Å². The van der Waals surface area contributed by atoms with E-state index >= 15 is 0 Å². The van der Waals surface area contributed by atoms with Crippen molar-refractivity contribution in [1.29, 1.82) is 10.5 Å². The molecule has 0 saturated heterocycles. The van der Waals surface area contributed by atoms with E-state index in [2.05, 4.69) is 82.0 Å². The Morgan fingerprint density at radius 3 is 1.10 bits per heavy atom. The number of carbonyl (C=O) groups excluding carboxylic acids is 4. The van der Waals surface area contributed by atoms with Gasteiger partial charge in [0.15, 0.2) is 23.0 Å². The monoisotopic (exact) mass is 1370 g/mol. The van der Waals surface area contributed by atoms with Gasteiger partial charge in [-0.25, -0.2) is 53.0 Å². The summed E-state index contributed by atoms with van der Waals surface area (Å²) in [4.78, 5) is 92.0. The highest BCUT2D eigenvalue weighted by Crippen LogP contribution is 2.30. The summed E-state index contributed by atoms with van der Waals surface area (Å²) in [6.45, 7) is 6.07. The van der Waals surface area contributed by atoms with Gasteiger partial charge in [0.2, 0.25) is 0 Å². The van der Waals surface area contributed by atoms with Gasteiger partial charge in [-0.2, -0.15) is 10.5 Å². The van der Waals surface area contributed by atoms with Crippen molar-refractivity contribution in [1.82, 2.24) is 54.8 Å². The molecule has 0 radical (unpaired) electrons. The van der Waals surface area contributed by atoms with Crippen LogP contribution in [0, 0.1) is 66.3 Å². The van der Waals surface area contributed by atoms with Crippen LogP contribution in [0.5, 0.6) is 51.7 Å². The lowest BCUT2D eigenvalue weighted by molar-refractivity contribution is 0.101. The van der Waals surface area contributed by atoms with Crippen LogP contribution in [0.3, 0.4) is 0 Å². The smallest absolute Gasteiger partial charge is 0.274 e. The zero-order valence-corrected chi connectivity index (χ0v) is 53.7. The first-order valence-corrected chi connectivity index (χ1v) is 29.8. The number of carbonyl (C=O) groups is 4. The molecular weight excluding hydrogens is 1320 g/mol. The Morgan fingerprint density at radius 2 is 0.735 bits per heavy atom. The van der Waals surface area contributed by atoms with Crippen molar-refractivity contribution in [3.8, 4) is 76.2 Å². The topological polar surface area (TPSA) is 352 Å². The zero-order chi connectivity index (χ0) is 72.2. The van der Waals surface area contributed by atoms with Gasteiger partial charge in [-0.1, -0.05) is 5.92 Å². The minimum atomic E-state index is -0.641. The van der Waals surface area contributed by atoms with Gasteiger partial charge >= 0.3 is 0 Å². The van der Waals surface area contributed by atoms with Crippen molar-refractivity contribution in [2.45, 2.75) is 20.8 Å². The number of ether oxygens (including phenoxy) is 5. The SMILES string of the molecule is C#Cc1cc(F)cc(C(=O)Nc2cc(F)cc(Oc3cncnc3)c2)c1.CCOc1ccnc(C(=O)Nc2cc(F)cc(Oc3cncnc3)c2)c1.Cc1ccnc(C(=O)Nc2cc(C#N)cc(Oc3cncnc3)c2)c1.Cc1ccnc(C(=O)Nc2cc(C#N)cc(Oc3cncnc3)c2)c1. The van der Waals surface area contributed by atoms with Gasteiger partial charge in [0, 0.05) is 94.9 Å². The number of aryl methyl sites for hydroxylation is 2. The molecule has 0 atom stereocenters. The first kappa shape index (κ1) is 71.4. The molecule has 0 bridgehead atoms. The maximum absolute atomic E-state index is 13.8. The molecule has 12 rings (SSSR count). The Hall–Kier alpha value is -14.9. The molecule has 0 spiro atoms. The van der Waals surface area contributed by atoms with E-state index in [1.165, 1.54) is 117 Å². The highest BCUT2D eigenvalue weighted by molar-refractivity contribution is 6.05. The van der Waals surface area contributed by atoms with Crippen LogP contribution in [0.15, 0.2) is 221 Å². The molecule has 29 heteroatoms. The molecule has 0 aliphatic rings. The standard InChI is InChI=1S/C19H11F2N3O2.C18H15FN4O3.2C18H13N5O2/c1-2-12-3-13(5-14(20)4-12)19(25)24-16-6-15(21)7-17(8-16)26-18-9-22-11-23-10-18;1-2-25-14-3-4-22-17(8-14)18(24)23-13-5-12(19)6-15(7-13)26-16-9-20-11-21-10-16;2*1-12-2-3-22-17(4-12)18(24)23-14-5-13(8-19)6-15(7-14)25-16-9-20-11-21-10-16/h1,3-11H,(H,24,25);3-11H,2H2,1H3,(H,23,24);2*2-7,9-11H,1H3,(H,23,24). The lowest BCUT2D eigenvalue weighted by Gasteiger charge is -2.09. The van der Waals surface area contributed by atoms with Crippen LogP contribution in [-0.2, 0) is 0 Å². The van der Waals surface area contributed by atoms with E-state index < -0.39 is 29.3 Å². The third-order valence-corrected chi connectivity index (χ3v) is 12.8. The van der Waals surface area contributed by atoms with Crippen molar-refractivity contribution >= 4 is 46.4 Å². The second-order valence-electron chi connectivity index (χ2n) is 20.7. The fourth-order valence-corrected chi connectivity index (χ4v) is 8.58. The predicted molar refractivity (Wildman–Crippen MR) is 363 cm³/mol. The van der Waals surface area contributed by atoms with Crippen LogP contribution < -0.4 is 45.0 Å². The molecule has 0 aliphatic carbocycles. The average Bonchev–Trinajstić information content (AvgIpc) is 0.881. The molecule has 4 N–H and O–H groups in total. The fraction of sp³-hybridized carbons (Fsp3) is 0.0548. The number of terminal acetylenes is 1. The minimum absolute atomic E-state index is 0.0149. The fourth-order valence-electron chi connectivity index (χ4n) is 8.58. The van der Waals surface area contributed by atoms with Crippen molar-refractivity contribution in [3.63, 3.8) is 0 Å². The van der Waals surface area contributed by atoms with Gasteiger partial charge in [-0.15, -0.1) is 6.42 Å². The van der Waals surface area contributed by atoms with Crippen LogP contribution in [0.1, 0.15) is 76.6 Å². The maximum Gasteiger partial charge on any atom is 0.274 e. The summed E-state index contributed by atoms with van der Waals surface area (Å²) in [7, 11) is 0. The van der Waals surface area contributed by atoms with E-state index in [1.807, 2.05) is 32.9 Å². The highest BCUT2D eigenvalue weighted by atomic mass is 19.1.